The van der Waals surface area contributed by atoms with Crippen molar-refractivity contribution >= 4 is 34.2 Å². The molecule has 3 aromatic carbocycles. The Kier molecular flexibility index (Phi) is 5.62. The van der Waals surface area contributed by atoms with E-state index < -0.39 is 35.3 Å². The Labute approximate surface area is 176 Å². The van der Waals surface area contributed by atoms with E-state index in [0.717, 1.165) is 33.4 Å². The first kappa shape index (κ1) is 20.5. The summed E-state index contributed by atoms with van der Waals surface area (Å²) in [5.41, 5.74) is 5.44. The van der Waals surface area contributed by atoms with E-state index in [2.05, 4.69) is 10.9 Å². The Morgan fingerprint density at radius 3 is 2.58 bits per heavy atom. The zero-order valence-corrected chi connectivity index (χ0v) is 16.4. The number of anilines is 1. The molecule has 0 saturated carbocycles. The molecule has 3 aromatic rings. The molecule has 0 aliphatic carbocycles. The fourth-order valence-corrected chi connectivity index (χ4v) is 3.71. The molecule has 1 aliphatic heterocycles. The third-order valence-corrected chi connectivity index (χ3v) is 5.25. The Bertz CT molecular complexity index is 1180. The minimum Gasteiger partial charge on any atom is -0.309 e. The van der Waals surface area contributed by atoms with Crippen molar-refractivity contribution < 1.29 is 23.2 Å². The average molecular weight is 423 g/mol. The van der Waals surface area contributed by atoms with Gasteiger partial charge in [0.25, 0.3) is 0 Å². The minimum atomic E-state index is -0.877. The maximum Gasteiger partial charge on any atom is 0.243 e. The predicted molar refractivity (Wildman–Crippen MR) is 111 cm³/mol. The molecule has 1 fully saturated rings. The van der Waals surface area contributed by atoms with Crippen molar-refractivity contribution in [2.24, 2.45) is 5.92 Å². The van der Waals surface area contributed by atoms with Crippen LogP contribution >= 0.6 is 0 Å². The topological polar surface area (TPSA) is 78.5 Å². The van der Waals surface area contributed by atoms with Crippen molar-refractivity contribution in [2.75, 3.05) is 11.4 Å². The van der Waals surface area contributed by atoms with Gasteiger partial charge in [-0.25, -0.2) is 8.78 Å². The SMILES string of the molecule is O=C(Cc1cccc2ccccc12)NNC(=O)C1CC(=O)N(c2ccc(F)cc2F)C1. The normalized spacial score (nSPS) is 15.9. The smallest absolute Gasteiger partial charge is 0.243 e. The van der Waals surface area contributed by atoms with Crippen molar-refractivity contribution in [3.8, 4) is 0 Å². The number of hydrogen-bond donors (Lipinski definition) is 2. The first-order valence-electron chi connectivity index (χ1n) is 9.73. The highest BCUT2D eigenvalue weighted by Crippen LogP contribution is 2.28. The molecule has 1 heterocycles. The van der Waals surface area contributed by atoms with Crippen LogP contribution in [0.2, 0.25) is 0 Å². The molecule has 31 heavy (non-hydrogen) atoms. The highest BCUT2D eigenvalue weighted by atomic mass is 19.1. The summed E-state index contributed by atoms with van der Waals surface area (Å²) < 4.78 is 27.1. The van der Waals surface area contributed by atoms with Crippen LogP contribution in [0.4, 0.5) is 14.5 Å². The number of halogens is 2. The van der Waals surface area contributed by atoms with Crippen LogP contribution in [0.25, 0.3) is 10.8 Å². The number of carbonyl (C=O) groups is 3. The third-order valence-electron chi connectivity index (χ3n) is 5.25. The Morgan fingerprint density at radius 1 is 1.00 bits per heavy atom. The van der Waals surface area contributed by atoms with Crippen LogP contribution in [-0.2, 0) is 20.8 Å². The number of amides is 3. The fraction of sp³-hybridized carbons (Fsp3) is 0.174. The zero-order valence-electron chi connectivity index (χ0n) is 16.4. The second-order valence-corrected chi connectivity index (χ2v) is 7.35. The van der Waals surface area contributed by atoms with Crippen molar-refractivity contribution in [3.05, 3.63) is 77.9 Å². The van der Waals surface area contributed by atoms with Gasteiger partial charge in [0.2, 0.25) is 17.7 Å². The summed E-state index contributed by atoms with van der Waals surface area (Å²) in [6, 6.07) is 16.2. The molecule has 0 spiro atoms. The van der Waals surface area contributed by atoms with Crippen LogP contribution in [-0.4, -0.2) is 24.3 Å². The number of nitrogens with zero attached hydrogens (tertiary/aromatic N) is 1. The van der Waals surface area contributed by atoms with Gasteiger partial charge in [0.05, 0.1) is 18.0 Å². The summed E-state index contributed by atoms with van der Waals surface area (Å²) in [5, 5.41) is 1.96. The Morgan fingerprint density at radius 2 is 1.77 bits per heavy atom. The molecule has 1 unspecified atom stereocenters. The van der Waals surface area contributed by atoms with Gasteiger partial charge in [0.15, 0.2) is 0 Å². The van der Waals surface area contributed by atoms with Gasteiger partial charge in [0.1, 0.15) is 11.6 Å². The lowest BCUT2D eigenvalue weighted by Gasteiger charge is -2.17. The minimum absolute atomic E-state index is 0.0631. The van der Waals surface area contributed by atoms with Crippen LogP contribution in [0.1, 0.15) is 12.0 Å². The monoisotopic (exact) mass is 423 g/mol. The lowest BCUT2D eigenvalue weighted by Crippen LogP contribution is -2.45. The number of carbonyl (C=O) groups excluding carboxylic acids is 3. The maximum absolute atomic E-state index is 14.0. The number of hydrazine groups is 1. The number of fused-ring (bicyclic) bond motifs is 1. The second-order valence-electron chi connectivity index (χ2n) is 7.35. The van der Waals surface area contributed by atoms with Crippen molar-refractivity contribution in [2.45, 2.75) is 12.8 Å². The maximum atomic E-state index is 14.0. The number of benzene rings is 3. The number of hydrogen-bond acceptors (Lipinski definition) is 3. The lowest BCUT2D eigenvalue weighted by atomic mass is 10.0. The molecule has 4 rings (SSSR count). The van der Waals surface area contributed by atoms with E-state index in [1.165, 1.54) is 0 Å². The fourth-order valence-electron chi connectivity index (χ4n) is 3.71. The average Bonchev–Trinajstić information content (AvgIpc) is 3.14. The molecule has 1 saturated heterocycles. The predicted octanol–water partition coefficient (Wildman–Crippen LogP) is 2.86. The van der Waals surface area contributed by atoms with Gasteiger partial charge < -0.3 is 4.90 Å². The molecule has 6 nitrogen and oxygen atoms in total. The third kappa shape index (κ3) is 4.37. The van der Waals surface area contributed by atoms with Gasteiger partial charge in [-0.3, -0.25) is 25.2 Å². The molecule has 0 bridgehead atoms. The molecule has 158 valence electrons. The summed E-state index contributed by atoms with van der Waals surface area (Å²) in [6.07, 6.45) is -0.0695. The summed E-state index contributed by atoms with van der Waals surface area (Å²) >= 11 is 0. The zero-order chi connectivity index (χ0) is 22.0. The first-order chi connectivity index (χ1) is 14.9. The van der Waals surface area contributed by atoms with E-state index in [4.69, 9.17) is 0 Å². The quantitative estimate of drug-likeness (QED) is 0.634. The highest BCUT2D eigenvalue weighted by molar-refractivity contribution is 6.00. The van der Waals surface area contributed by atoms with E-state index >= 15 is 0 Å². The van der Waals surface area contributed by atoms with E-state index in [1.807, 2.05) is 42.5 Å². The van der Waals surface area contributed by atoms with E-state index in [-0.39, 0.29) is 25.1 Å². The molecular formula is C23H19F2N3O3. The highest BCUT2D eigenvalue weighted by Gasteiger charge is 2.36. The van der Waals surface area contributed by atoms with Gasteiger partial charge in [0, 0.05) is 19.0 Å². The van der Waals surface area contributed by atoms with Crippen LogP contribution in [0, 0.1) is 17.6 Å². The molecule has 1 aliphatic rings. The summed E-state index contributed by atoms with van der Waals surface area (Å²) in [4.78, 5) is 38.1. The molecule has 0 radical (unpaired) electrons. The van der Waals surface area contributed by atoms with Gasteiger partial charge >= 0.3 is 0 Å². The number of nitrogens with one attached hydrogen (secondary N) is 2. The number of rotatable bonds is 4. The summed E-state index contributed by atoms with van der Waals surface area (Å²) in [6.45, 7) is -0.0631. The molecule has 2 N–H and O–H groups in total. The van der Waals surface area contributed by atoms with Crippen LogP contribution in [0.3, 0.4) is 0 Å². The lowest BCUT2D eigenvalue weighted by molar-refractivity contribution is -0.131. The van der Waals surface area contributed by atoms with E-state index in [9.17, 15) is 23.2 Å². The first-order valence-corrected chi connectivity index (χ1v) is 9.73. The molecule has 1 atom stereocenters. The van der Waals surface area contributed by atoms with Crippen molar-refractivity contribution in [1.82, 2.24) is 10.9 Å². The Hall–Kier alpha value is -3.81. The molecular weight excluding hydrogens is 404 g/mol. The second kappa shape index (κ2) is 8.51. The van der Waals surface area contributed by atoms with E-state index in [1.54, 1.807) is 0 Å². The summed E-state index contributed by atoms with van der Waals surface area (Å²) in [5.74, 6) is -3.81. The van der Waals surface area contributed by atoms with Crippen molar-refractivity contribution in [3.63, 3.8) is 0 Å². The van der Waals surface area contributed by atoms with Crippen molar-refractivity contribution in [1.29, 1.82) is 0 Å². The van der Waals surface area contributed by atoms with Crippen LogP contribution < -0.4 is 15.8 Å². The Balaban J connectivity index is 1.35. The van der Waals surface area contributed by atoms with Gasteiger partial charge in [-0.2, -0.15) is 0 Å². The largest absolute Gasteiger partial charge is 0.309 e. The van der Waals surface area contributed by atoms with Crippen LogP contribution in [0.5, 0.6) is 0 Å². The van der Waals surface area contributed by atoms with Gasteiger partial charge in [-0.1, -0.05) is 42.5 Å². The van der Waals surface area contributed by atoms with Crippen LogP contribution in [0.15, 0.2) is 60.7 Å². The van der Waals surface area contributed by atoms with Gasteiger partial charge in [-0.15, -0.1) is 0 Å². The standard InChI is InChI=1S/C23H19F2N3O3/c24-17-8-9-20(19(25)12-17)28-13-16(11-22(28)30)23(31)27-26-21(29)10-15-6-3-5-14-4-1-2-7-18(14)15/h1-9,12,16H,10-11,13H2,(H,26,29)(H,27,31). The molecule has 3 amide bonds. The molecule has 0 aromatic heterocycles. The molecule has 8 heteroatoms. The van der Waals surface area contributed by atoms with E-state index in [0.29, 0.717) is 6.07 Å². The summed E-state index contributed by atoms with van der Waals surface area (Å²) in [7, 11) is 0. The van der Waals surface area contributed by atoms with Gasteiger partial charge in [-0.05, 0) is 28.5 Å².